The summed E-state index contributed by atoms with van der Waals surface area (Å²) in [5.74, 6) is -2.07. The molecule has 40 heavy (non-hydrogen) atoms. The zero-order valence-corrected chi connectivity index (χ0v) is 23.1. The number of hydrogen-bond donors (Lipinski definition) is 5. The Morgan fingerprint density at radius 2 is 1.80 bits per heavy atom. The quantitative estimate of drug-likeness (QED) is 0.192. The largest absolute Gasteiger partial charge is 0.493 e. The molecular weight excluding hydrogens is 548 g/mol. The van der Waals surface area contributed by atoms with Gasteiger partial charge >= 0.3 is 11.9 Å². The van der Waals surface area contributed by atoms with E-state index in [-0.39, 0.29) is 17.9 Å². The molecule has 0 spiro atoms. The predicted molar refractivity (Wildman–Crippen MR) is 146 cm³/mol. The van der Waals surface area contributed by atoms with Crippen molar-refractivity contribution in [1.29, 1.82) is 0 Å². The van der Waals surface area contributed by atoms with Crippen LogP contribution in [0.1, 0.15) is 30.1 Å². The summed E-state index contributed by atoms with van der Waals surface area (Å²) < 4.78 is 11.4. The molecular formula is C26H37ClN4O9. The van der Waals surface area contributed by atoms with Crippen LogP contribution in [0.3, 0.4) is 0 Å². The summed E-state index contributed by atoms with van der Waals surface area (Å²) in [6.45, 7) is 6.74. The van der Waals surface area contributed by atoms with Crippen molar-refractivity contribution in [2.75, 3.05) is 64.8 Å². The number of aliphatic carboxylic acids is 2. The van der Waals surface area contributed by atoms with E-state index in [9.17, 15) is 19.2 Å². The second-order valence-electron chi connectivity index (χ2n) is 9.26. The van der Waals surface area contributed by atoms with Gasteiger partial charge in [0.25, 0.3) is 5.91 Å². The molecule has 2 amide bonds. The maximum absolute atomic E-state index is 12.7. The summed E-state index contributed by atoms with van der Waals surface area (Å²) in [5.41, 5.74) is 6.55. The lowest BCUT2D eigenvalue weighted by Gasteiger charge is -2.38. The number of carboxylic acid groups (broad SMARTS) is 2. The number of aliphatic hydroxyl groups is 1. The molecule has 2 aliphatic heterocycles. The maximum Gasteiger partial charge on any atom is 0.328 e. The van der Waals surface area contributed by atoms with Gasteiger partial charge < -0.3 is 40.7 Å². The van der Waals surface area contributed by atoms with Crippen LogP contribution >= 0.6 is 11.6 Å². The fourth-order valence-corrected chi connectivity index (χ4v) is 4.53. The molecule has 2 aliphatic rings. The highest BCUT2D eigenvalue weighted by atomic mass is 35.5. The number of anilines is 1. The number of amides is 2. The van der Waals surface area contributed by atoms with Crippen LogP contribution in [0.15, 0.2) is 24.3 Å². The van der Waals surface area contributed by atoms with E-state index >= 15 is 0 Å². The number of halogens is 1. The normalized spacial score (nSPS) is 18.1. The third-order valence-electron chi connectivity index (χ3n) is 6.34. The minimum Gasteiger partial charge on any atom is -0.493 e. The highest BCUT2D eigenvalue weighted by molar-refractivity contribution is 6.33. The Balaban J connectivity index is 0.000000611. The summed E-state index contributed by atoms with van der Waals surface area (Å²) >= 11 is 6.10. The first-order valence-corrected chi connectivity index (χ1v) is 13.3. The number of nitrogens with two attached hydrogens (primary N) is 1. The third kappa shape index (κ3) is 11.0. The van der Waals surface area contributed by atoms with E-state index in [1.807, 2.05) is 6.92 Å². The van der Waals surface area contributed by atoms with E-state index in [1.54, 1.807) is 11.0 Å². The molecule has 1 atom stereocenters. The topological polar surface area (TPSA) is 192 Å². The summed E-state index contributed by atoms with van der Waals surface area (Å²) in [5, 5.41) is 27.9. The van der Waals surface area contributed by atoms with Crippen molar-refractivity contribution in [3.05, 3.63) is 34.9 Å². The Hall–Kier alpha value is -3.39. The second-order valence-corrected chi connectivity index (χ2v) is 9.66. The van der Waals surface area contributed by atoms with Gasteiger partial charge in [-0.25, -0.2) is 9.59 Å². The Labute approximate surface area is 237 Å². The van der Waals surface area contributed by atoms with E-state index < -0.39 is 18.5 Å². The van der Waals surface area contributed by atoms with Gasteiger partial charge in [0.15, 0.2) is 0 Å². The number of likely N-dealkylation sites (tertiary alicyclic amines) is 1. The number of aliphatic hydroxyl groups excluding tert-OH is 1. The number of nitrogen functional groups attached to an aromatic ring is 1. The van der Waals surface area contributed by atoms with Gasteiger partial charge in [-0.05, 0) is 31.7 Å². The highest BCUT2D eigenvalue weighted by Gasteiger charge is 2.27. The zero-order chi connectivity index (χ0) is 29.7. The molecule has 14 heteroatoms. The molecule has 13 nitrogen and oxygen atoms in total. The molecule has 2 fully saturated rings. The Bertz CT molecular complexity index is 1040. The van der Waals surface area contributed by atoms with E-state index in [0.717, 1.165) is 32.5 Å². The molecule has 2 saturated heterocycles. The van der Waals surface area contributed by atoms with Crippen LogP contribution in [0, 0.1) is 5.92 Å². The predicted octanol–water partition coefficient (Wildman–Crippen LogP) is 0.694. The van der Waals surface area contributed by atoms with Crippen molar-refractivity contribution in [2.24, 2.45) is 5.92 Å². The fraction of sp³-hybridized carbons (Fsp3) is 0.538. The smallest absolute Gasteiger partial charge is 0.328 e. The molecule has 222 valence electrons. The summed E-state index contributed by atoms with van der Waals surface area (Å²) in [6, 6.07) is 3.10. The van der Waals surface area contributed by atoms with Crippen LogP contribution in [0.5, 0.6) is 5.75 Å². The molecule has 1 unspecified atom stereocenters. The van der Waals surface area contributed by atoms with Crippen molar-refractivity contribution >= 4 is 41.0 Å². The van der Waals surface area contributed by atoms with Crippen molar-refractivity contribution in [2.45, 2.75) is 25.9 Å². The van der Waals surface area contributed by atoms with Gasteiger partial charge in [0.05, 0.1) is 35.6 Å². The van der Waals surface area contributed by atoms with Crippen LogP contribution in [-0.2, 0) is 19.1 Å². The summed E-state index contributed by atoms with van der Waals surface area (Å²) in [4.78, 5) is 47.6. The standard InChI is InChI=1S/C22H33ClN4O5.C4H4O4/c1-2-31-20-10-19(24)18(23)9-17(20)22(30)25-11-16-13-26(7-8-32-16)12-15-3-5-27(6-4-15)21(29)14-28;5-3(6)1-2-4(7)8/h9-10,15-16,28H,2-8,11-14,24H2,1H3,(H,25,30);1-2H,(H,5,6)(H,7,8)/b;2-1+. The lowest BCUT2D eigenvalue weighted by molar-refractivity contribution is -0.135. The first kappa shape index (κ1) is 32.8. The number of nitrogens with zero attached hydrogens (tertiary/aromatic N) is 2. The van der Waals surface area contributed by atoms with E-state index in [4.69, 9.17) is 42.1 Å². The number of benzene rings is 1. The molecule has 0 radical (unpaired) electrons. The van der Waals surface area contributed by atoms with Gasteiger partial charge in [0, 0.05) is 57.5 Å². The molecule has 1 aromatic carbocycles. The molecule has 1 aromatic rings. The van der Waals surface area contributed by atoms with Crippen LogP contribution in [0.4, 0.5) is 5.69 Å². The van der Waals surface area contributed by atoms with Crippen molar-refractivity contribution < 1.29 is 44.0 Å². The van der Waals surface area contributed by atoms with Gasteiger partial charge in [0.1, 0.15) is 12.4 Å². The molecule has 2 heterocycles. The SMILES string of the molecule is CCOc1cc(N)c(Cl)cc1C(=O)NCC1CN(CC2CCN(C(=O)CO)CC2)CCO1.O=C(O)/C=C/C(=O)O. The highest BCUT2D eigenvalue weighted by Crippen LogP contribution is 2.29. The Morgan fingerprint density at radius 3 is 2.38 bits per heavy atom. The first-order chi connectivity index (χ1) is 19.0. The fourth-order valence-electron chi connectivity index (χ4n) is 4.37. The van der Waals surface area contributed by atoms with E-state index in [2.05, 4.69) is 10.2 Å². The number of rotatable bonds is 10. The molecule has 6 N–H and O–H groups in total. The number of carbonyl (C=O) groups is 4. The molecule has 3 rings (SSSR count). The van der Waals surface area contributed by atoms with Crippen molar-refractivity contribution in [3.63, 3.8) is 0 Å². The number of nitrogens with one attached hydrogen (secondary N) is 1. The van der Waals surface area contributed by atoms with Gasteiger partial charge in [-0.15, -0.1) is 0 Å². The number of ether oxygens (including phenoxy) is 2. The minimum atomic E-state index is -1.26. The number of morpholine rings is 1. The lowest BCUT2D eigenvalue weighted by Crippen LogP contribution is -2.50. The van der Waals surface area contributed by atoms with Crippen LogP contribution in [0.25, 0.3) is 0 Å². The van der Waals surface area contributed by atoms with Gasteiger partial charge in [-0.2, -0.15) is 0 Å². The van der Waals surface area contributed by atoms with Gasteiger partial charge in [-0.3, -0.25) is 14.5 Å². The van der Waals surface area contributed by atoms with Crippen LogP contribution < -0.4 is 15.8 Å². The summed E-state index contributed by atoms with van der Waals surface area (Å²) in [6.07, 6.45) is 2.87. The average molecular weight is 585 g/mol. The lowest BCUT2D eigenvalue weighted by atomic mass is 9.96. The molecule has 0 aromatic heterocycles. The zero-order valence-electron chi connectivity index (χ0n) is 22.4. The van der Waals surface area contributed by atoms with E-state index in [0.29, 0.717) is 72.9 Å². The molecule has 0 saturated carbocycles. The van der Waals surface area contributed by atoms with Crippen molar-refractivity contribution in [1.82, 2.24) is 15.1 Å². The van der Waals surface area contributed by atoms with E-state index in [1.165, 1.54) is 6.07 Å². The number of hydrogen-bond acceptors (Lipinski definition) is 9. The Morgan fingerprint density at radius 1 is 1.15 bits per heavy atom. The summed E-state index contributed by atoms with van der Waals surface area (Å²) in [7, 11) is 0. The molecule has 0 bridgehead atoms. The monoisotopic (exact) mass is 584 g/mol. The second kappa shape index (κ2) is 16.7. The van der Waals surface area contributed by atoms with Crippen LogP contribution in [-0.4, -0.2) is 114 Å². The minimum absolute atomic E-state index is 0.108. The number of carboxylic acids is 2. The van der Waals surface area contributed by atoms with Gasteiger partial charge in [-0.1, -0.05) is 11.6 Å². The third-order valence-corrected chi connectivity index (χ3v) is 6.67. The van der Waals surface area contributed by atoms with Gasteiger partial charge in [0.2, 0.25) is 5.91 Å². The molecule has 0 aliphatic carbocycles. The number of piperidine rings is 1. The average Bonchev–Trinajstić information content (AvgIpc) is 2.93. The number of carbonyl (C=O) groups excluding carboxylic acids is 2. The van der Waals surface area contributed by atoms with Crippen LogP contribution in [0.2, 0.25) is 5.02 Å². The Kier molecular flexibility index (Phi) is 13.7. The first-order valence-electron chi connectivity index (χ1n) is 12.9. The maximum atomic E-state index is 12.7. The van der Waals surface area contributed by atoms with Crippen molar-refractivity contribution in [3.8, 4) is 5.75 Å².